The van der Waals surface area contributed by atoms with E-state index < -0.39 is 42.0 Å². The second-order valence-electron chi connectivity index (χ2n) is 6.59. The first-order chi connectivity index (χ1) is 11.0. The van der Waals surface area contributed by atoms with E-state index >= 15 is 0 Å². The van der Waals surface area contributed by atoms with E-state index in [0.29, 0.717) is 12.8 Å². The van der Waals surface area contributed by atoms with Gasteiger partial charge >= 0.3 is 11.9 Å². The topological polar surface area (TPSA) is 122 Å². The lowest BCUT2D eigenvalue weighted by Crippen LogP contribution is -2.52. The largest absolute Gasteiger partial charge is 0.481 e. The second kappa shape index (κ2) is 9.89. The van der Waals surface area contributed by atoms with Gasteiger partial charge in [0.25, 0.3) is 0 Å². The van der Waals surface area contributed by atoms with Crippen molar-refractivity contribution in [2.45, 2.75) is 78.0 Å². The van der Waals surface area contributed by atoms with E-state index in [1.807, 2.05) is 6.92 Å². The van der Waals surface area contributed by atoms with Crippen LogP contribution < -0.4 is 10.6 Å². The van der Waals surface area contributed by atoms with Crippen molar-refractivity contribution in [3.8, 4) is 0 Å². The number of esters is 1. The van der Waals surface area contributed by atoms with Gasteiger partial charge in [0.1, 0.15) is 17.7 Å². The van der Waals surface area contributed by atoms with Crippen LogP contribution in [-0.2, 0) is 23.9 Å². The first-order valence-corrected chi connectivity index (χ1v) is 7.98. The van der Waals surface area contributed by atoms with Crippen LogP contribution in [0.3, 0.4) is 0 Å². The quantitative estimate of drug-likeness (QED) is 0.536. The Morgan fingerprint density at radius 1 is 1.08 bits per heavy atom. The molecule has 0 rings (SSSR count). The third-order valence-electron chi connectivity index (χ3n) is 2.93. The van der Waals surface area contributed by atoms with Gasteiger partial charge in [0.05, 0.1) is 6.42 Å². The Morgan fingerprint density at radius 2 is 1.67 bits per heavy atom. The van der Waals surface area contributed by atoms with Crippen molar-refractivity contribution in [3.63, 3.8) is 0 Å². The highest BCUT2D eigenvalue weighted by atomic mass is 16.6. The van der Waals surface area contributed by atoms with Gasteiger partial charge in [-0.3, -0.25) is 14.4 Å². The second-order valence-corrected chi connectivity index (χ2v) is 6.59. The van der Waals surface area contributed by atoms with Crippen molar-refractivity contribution in [1.82, 2.24) is 10.6 Å². The fraction of sp³-hybridized carbons (Fsp3) is 0.750. The van der Waals surface area contributed by atoms with Crippen molar-refractivity contribution < 1.29 is 29.0 Å². The number of carbonyl (C=O) groups is 4. The molecule has 0 aromatic rings. The fourth-order valence-corrected chi connectivity index (χ4v) is 1.94. The number of nitrogens with one attached hydrogen (secondary N) is 2. The summed E-state index contributed by atoms with van der Waals surface area (Å²) in [5.41, 5.74) is -0.808. The number of rotatable bonds is 9. The number of ether oxygens (including phenoxy) is 1. The molecule has 0 saturated heterocycles. The lowest BCUT2D eigenvalue weighted by molar-refractivity contribution is -0.161. The van der Waals surface area contributed by atoms with E-state index in [0.717, 1.165) is 6.42 Å². The number of hydrogen-bond donors (Lipinski definition) is 3. The summed E-state index contributed by atoms with van der Waals surface area (Å²) in [5, 5.41) is 13.8. The molecule has 0 aromatic heterocycles. The average molecular weight is 344 g/mol. The molecule has 8 heteroatoms. The summed E-state index contributed by atoms with van der Waals surface area (Å²) in [6.45, 7) is 8.16. The summed E-state index contributed by atoms with van der Waals surface area (Å²) in [5.74, 6) is -3.04. The Hall–Kier alpha value is -2.12. The molecule has 0 radical (unpaired) electrons. The van der Waals surface area contributed by atoms with Crippen LogP contribution in [0, 0.1) is 0 Å². The molecular formula is C16H28N2O6. The van der Waals surface area contributed by atoms with Crippen LogP contribution in [0.1, 0.15) is 60.3 Å². The third-order valence-corrected chi connectivity index (χ3v) is 2.93. The van der Waals surface area contributed by atoms with E-state index in [1.54, 1.807) is 20.8 Å². The Kier molecular flexibility index (Phi) is 9.02. The number of carboxylic acids is 1. The van der Waals surface area contributed by atoms with E-state index in [-0.39, 0.29) is 5.91 Å². The molecule has 0 saturated carbocycles. The zero-order chi connectivity index (χ0) is 18.9. The van der Waals surface area contributed by atoms with Gasteiger partial charge in [0, 0.05) is 6.92 Å². The first-order valence-electron chi connectivity index (χ1n) is 7.98. The Bertz CT molecular complexity index is 470. The highest BCUT2D eigenvalue weighted by molar-refractivity contribution is 5.91. The number of hydrogen-bond acceptors (Lipinski definition) is 5. The summed E-state index contributed by atoms with van der Waals surface area (Å²) in [4.78, 5) is 46.6. The molecular weight excluding hydrogens is 316 g/mol. The minimum Gasteiger partial charge on any atom is -0.481 e. The maximum absolute atomic E-state index is 12.3. The van der Waals surface area contributed by atoms with Crippen LogP contribution in [0.2, 0.25) is 0 Å². The minimum absolute atomic E-state index is 0.377. The van der Waals surface area contributed by atoms with Crippen molar-refractivity contribution in [2.75, 3.05) is 0 Å². The van der Waals surface area contributed by atoms with Crippen LogP contribution in [0.25, 0.3) is 0 Å². The van der Waals surface area contributed by atoms with Gasteiger partial charge in [0.2, 0.25) is 11.8 Å². The first kappa shape index (κ1) is 21.9. The summed E-state index contributed by atoms with van der Waals surface area (Å²) in [7, 11) is 0. The van der Waals surface area contributed by atoms with Crippen LogP contribution in [-0.4, -0.2) is 46.5 Å². The van der Waals surface area contributed by atoms with E-state index in [1.165, 1.54) is 6.92 Å². The zero-order valence-electron chi connectivity index (χ0n) is 15.0. The highest BCUT2D eigenvalue weighted by Gasteiger charge is 2.31. The lowest BCUT2D eigenvalue weighted by atomic mass is 10.1. The Morgan fingerprint density at radius 3 is 2.08 bits per heavy atom. The summed E-state index contributed by atoms with van der Waals surface area (Å²) < 4.78 is 5.14. The molecule has 0 bridgehead atoms. The fourth-order valence-electron chi connectivity index (χ4n) is 1.94. The summed E-state index contributed by atoms with van der Waals surface area (Å²) in [6, 6.07) is -2.13. The predicted molar refractivity (Wildman–Crippen MR) is 87.2 cm³/mol. The van der Waals surface area contributed by atoms with Gasteiger partial charge in [-0.2, -0.15) is 0 Å². The number of unbranched alkanes of at least 4 members (excludes halogenated alkanes) is 1. The van der Waals surface area contributed by atoms with Crippen LogP contribution >= 0.6 is 0 Å². The third kappa shape index (κ3) is 9.81. The lowest BCUT2D eigenvalue weighted by Gasteiger charge is -2.25. The number of carboxylic acid groups (broad SMARTS) is 1. The SMILES string of the molecule is CCCC[C@H](NC(C)=O)C(=O)N[C@@H](CC(=O)O)C(=O)OC(C)(C)C. The predicted octanol–water partition coefficient (Wildman–Crippen LogP) is 0.983. The van der Waals surface area contributed by atoms with Crippen LogP contribution in [0.4, 0.5) is 0 Å². The van der Waals surface area contributed by atoms with E-state index in [9.17, 15) is 19.2 Å². The van der Waals surface area contributed by atoms with Gasteiger partial charge in [-0.1, -0.05) is 19.8 Å². The number of amides is 2. The molecule has 0 heterocycles. The van der Waals surface area contributed by atoms with Crippen molar-refractivity contribution in [2.24, 2.45) is 0 Å². The summed E-state index contributed by atoms with van der Waals surface area (Å²) in [6.07, 6.45) is 1.33. The molecule has 0 spiro atoms. The molecule has 0 fully saturated rings. The van der Waals surface area contributed by atoms with Gasteiger partial charge in [0.15, 0.2) is 0 Å². The van der Waals surface area contributed by atoms with Crippen molar-refractivity contribution in [1.29, 1.82) is 0 Å². The molecule has 138 valence electrons. The zero-order valence-corrected chi connectivity index (χ0v) is 15.0. The van der Waals surface area contributed by atoms with Gasteiger partial charge < -0.3 is 20.5 Å². The molecule has 0 aliphatic carbocycles. The Labute approximate surface area is 142 Å². The average Bonchev–Trinajstić information content (AvgIpc) is 2.39. The molecule has 24 heavy (non-hydrogen) atoms. The number of aliphatic carboxylic acids is 1. The van der Waals surface area contributed by atoms with E-state index in [4.69, 9.17) is 9.84 Å². The standard InChI is InChI=1S/C16H28N2O6/c1-6-7-8-11(17-10(2)19)14(22)18-12(9-13(20)21)15(23)24-16(3,4)5/h11-12H,6-9H2,1-5H3,(H,17,19)(H,18,22)(H,20,21)/t11-,12-/m0/s1. The highest BCUT2D eigenvalue weighted by Crippen LogP contribution is 2.10. The molecule has 2 amide bonds. The van der Waals surface area contributed by atoms with E-state index in [2.05, 4.69) is 10.6 Å². The Balaban J connectivity index is 5.07. The molecule has 0 aliphatic rings. The maximum Gasteiger partial charge on any atom is 0.329 e. The molecule has 0 aromatic carbocycles. The van der Waals surface area contributed by atoms with Crippen molar-refractivity contribution in [3.05, 3.63) is 0 Å². The smallest absolute Gasteiger partial charge is 0.329 e. The van der Waals surface area contributed by atoms with Crippen LogP contribution in [0.15, 0.2) is 0 Å². The van der Waals surface area contributed by atoms with Crippen LogP contribution in [0.5, 0.6) is 0 Å². The van der Waals surface area contributed by atoms with Gasteiger partial charge in [-0.15, -0.1) is 0 Å². The normalized spacial score (nSPS) is 13.5. The molecule has 3 N–H and O–H groups in total. The van der Waals surface area contributed by atoms with Gasteiger partial charge in [-0.05, 0) is 27.2 Å². The molecule has 8 nitrogen and oxygen atoms in total. The summed E-state index contributed by atoms with van der Waals surface area (Å²) >= 11 is 0. The monoisotopic (exact) mass is 344 g/mol. The minimum atomic E-state index is -1.31. The van der Waals surface area contributed by atoms with Crippen molar-refractivity contribution >= 4 is 23.8 Å². The number of carbonyl (C=O) groups excluding carboxylic acids is 3. The molecule has 0 unspecified atom stereocenters. The maximum atomic E-state index is 12.3. The molecule has 2 atom stereocenters. The van der Waals surface area contributed by atoms with Gasteiger partial charge in [-0.25, -0.2) is 4.79 Å². The molecule has 0 aliphatic heterocycles.